The van der Waals surface area contributed by atoms with Gasteiger partial charge in [0.25, 0.3) is 0 Å². The number of rotatable bonds is 8. The average Bonchev–Trinajstić information content (AvgIpc) is 2.37. The molecule has 0 aliphatic rings. The normalized spacial score (nSPS) is 11.5. The predicted octanol–water partition coefficient (Wildman–Crippen LogP) is 4.34. The first-order valence-electron chi connectivity index (χ1n) is 6.25. The standard InChI is InChI=1S/C13H21O4P/c1-4-10-15-18(14,16-11-5-2)17-13-9-7-6-8-12(13)3/h6-9H,4-5,10-11H2,1-3H3. The molecule has 0 radical (unpaired) electrons. The first kappa shape index (κ1) is 15.2. The lowest BCUT2D eigenvalue weighted by atomic mass is 10.2. The van der Waals surface area contributed by atoms with E-state index in [1.54, 1.807) is 6.07 Å². The van der Waals surface area contributed by atoms with Gasteiger partial charge >= 0.3 is 7.82 Å². The highest BCUT2D eigenvalue weighted by atomic mass is 31.2. The molecule has 0 spiro atoms. The number of benzene rings is 1. The molecule has 0 unspecified atom stereocenters. The van der Waals surface area contributed by atoms with Crippen molar-refractivity contribution in [2.75, 3.05) is 13.2 Å². The Morgan fingerprint density at radius 2 is 1.61 bits per heavy atom. The van der Waals surface area contributed by atoms with Crippen LogP contribution in [0.3, 0.4) is 0 Å². The minimum atomic E-state index is -3.50. The average molecular weight is 272 g/mol. The van der Waals surface area contributed by atoms with Crippen LogP contribution in [0.1, 0.15) is 32.3 Å². The molecular formula is C13H21O4P. The van der Waals surface area contributed by atoms with Gasteiger partial charge in [-0.3, -0.25) is 9.05 Å². The molecule has 0 heterocycles. The lowest BCUT2D eigenvalue weighted by molar-refractivity contribution is 0.155. The van der Waals surface area contributed by atoms with Crippen molar-refractivity contribution in [3.05, 3.63) is 29.8 Å². The van der Waals surface area contributed by atoms with E-state index in [-0.39, 0.29) is 0 Å². The first-order chi connectivity index (χ1) is 8.61. The molecule has 1 rings (SSSR count). The molecule has 0 aromatic heterocycles. The van der Waals surface area contributed by atoms with Crippen molar-refractivity contribution in [1.29, 1.82) is 0 Å². The third-order valence-corrected chi connectivity index (χ3v) is 3.63. The number of phosphoric ester groups is 1. The SMILES string of the molecule is CCCOP(=O)(OCCC)Oc1ccccc1C. The van der Waals surface area contributed by atoms with Crippen molar-refractivity contribution in [2.45, 2.75) is 33.6 Å². The van der Waals surface area contributed by atoms with Crippen molar-refractivity contribution in [3.63, 3.8) is 0 Å². The fraction of sp³-hybridized carbons (Fsp3) is 0.538. The van der Waals surface area contributed by atoms with Crippen LogP contribution < -0.4 is 4.52 Å². The van der Waals surface area contributed by atoms with Gasteiger partial charge in [0.05, 0.1) is 13.2 Å². The molecule has 1 aromatic carbocycles. The van der Waals surface area contributed by atoms with Gasteiger partial charge < -0.3 is 4.52 Å². The smallest absolute Gasteiger partial charge is 0.404 e. The van der Waals surface area contributed by atoms with Crippen LogP contribution in [-0.2, 0) is 13.6 Å². The minimum absolute atomic E-state index is 0.354. The van der Waals surface area contributed by atoms with Crippen molar-refractivity contribution in [2.24, 2.45) is 0 Å². The van der Waals surface area contributed by atoms with Crippen molar-refractivity contribution in [3.8, 4) is 5.75 Å². The van der Waals surface area contributed by atoms with Gasteiger partial charge in [-0.25, -0.2) is 4.57 Å². The van der Waals surface area contributed by atoms with E-state index in [0.29, 0.717) is 19.0 Å². The highest BCUT2D eigenvalue weighted by molar-refractivity contribution is 7.48. The molecule has 0 saturated heterocycles. The maximum absolute atomic E-state index is 12.4. The van der Waals surface area contributed by atoms with Gasteiger partial charge in [0.15, 0.2) is 0 Å². The van der Waals surface area contributed by atoms with E-state index in [2.05, 4.69) is 0 Å². The fourth-order valence-electron chi connectivity index (χ4n) is 1.28. The van der Waals surface area contributed by atoms with E-state index in [4.69, 9.17) is 13.6 Å². The van der Waals surface area contributed by atoms with Crippen molar-refractivity contribution in [1.82, 2.24) is 0 Å². The number of aryl methyl sites for hydroxylation is 1. The first-order valence-corrected chi connectivity index (χ1v) is 7.71. The van der Waals surface area contributed by atoms with E-state index in [0.717, 1.165) is 18.4 Å². The van der Waals surface area contributed by atoms with Crippen molar-refractivity contribution < 1.29 is 18.1 Å². The van der Waals surface area contributed by atoms with Gasteiger partial charge in [0.2, 0.25) is 0 Å². The molecule has 0 bridgehead atoms. The summed E-state index contributed by atoms with van der Waals surface area (Å²) in [7, 11) is -3.50. The number of hydrogen-bond donors (Lipinski definition) is 0. The molecule has 5 heteroatoms. The molecule has 1 aromatic rings. The van der Waals surface area contributed by atoms with E-state index < -0.39 is 7.82 Å². The summed E-state index contributed by atoms with van der Waals surface area (Å²) in [5.41, 5.74) is 0.901. The van der Waals surface area contributed by atoms with Crippen LogP contribution in [0.4, 0.5) is 0 Å². The van der Waals surface area contributed by atoms with E-state index in [9.17, 15) is 4.57 Å². The second-order valence-corrected chi connectivity index (χ2v) is 5.56. The van der Waals surface area contributed by atoms with Gasteiger partial charge in [-0.15, -0.1) is 0 Å². The summed E-state index contributed by atoms with van der Waals surface area (Å²) in [6.45, 7) is 6.48. The van der Waals surface area contributed by atoms with E-state index in [1.165, 1.54) is 0 Å². The Bertz CT molecular complexity index is 394. The maximum Gasteiger partial charge on any atom is 0.530 e. The summed E-state index contributed by atoms with van der Waals surface area (Å²) < 4.78 is 28.3. The third kappa shape index (κ3) is 4.81. The maximum atomic E-state index is 12.4. The van der Waals surface area contributed by atoms with Crippen molar-refractivity contribution >= 4 is 7.82 Å². The molecule has 0 N–H and O–H groups in total. The summed E-state index contributed by atoms with van der Waals surface area (Å²) >= 11 is 0. The van der Waals surface area contributed by atoms with Gasteiger partial charge in [0, 0.05) is 0 Å². The van der Waals surface area contributed by atoms with Crippen LogP contribution in [0.25, 0.3) is 0 Å². The molecule has 0 aliphatic carbocycles. The molecule has 4 nitrogen and oxygen atoms in total. The van der Waals surface area contributed by atoms with Crippen LogP contribution in [0.2, 0.25) is 0 Å². The number of phosphoric acid groups is 1. The van der Waals surface area contributed by atoms with Gasteiger partial charge in [-0.2, -0.15) is 0 Å². The lowest BCUT2D eigenvalue weighted by Crippen LogP contribution is -2.04. The number of hydrogen-bond acceptors (Lipinski definition) is 4. The van der Waals surface area contributed by atoms with Crippen LogP contribution in [-0.4, -0.2) is 13.2 Å². The van der Waals surface area contributed by atoms with Gasteiger partial charge in [0.1, 0.15) is 5.75 Å². The summed E-state index contributed by atoms with van der Waals surface area (Å²) in [4.78, 5) is 0. The van der Waals surface area contributed by atoms with E-state index in [1.807, 2.05) is 39.0 Å². The molecule has 0 atom stereocenters. The zero-order valence-electron chi connectivity index (χ0n) is 11.2. The van der Waals surface area contributed by atoms with E-state index >= 15 is 0 Å². The van der Waals surface area contributed by atoms with Crippen LogP contribution in [0.15, 0.2) is 24.3 Å². The second-order valence-electron chi connectivity index (χ2n) is 3.97. The lowest BCUT2D eigenvalue weighted by Gasteiger charge is -2.19. The summed E-state index contributed by atoms with van der Waals surface area (Å²) in [5.74, 6) is 0.535. The fourth-order valence-corrected chi connectivity index (χ4v) is 2.71. The molecule has 18 heavy (non-hydrogen) atoms. The summed E-state index contributed by atoms with van der Waals surface area (Å²) in [5, 5.41) is 0. The Morgan fingerprint density at radius 1 is 1.06 bits per heavy atom. The topological polar surface area (TPSA) is 44.8 Å². The highest BCUT2D eigenvalue weighted by Crippen LogP contribution is 2.50. The van der Waals surface area contributed by atoms with Crippen LogP contribution >= 0.6 is 7.82 Å². The predicted molar refractivity (Wildman–Crippen MR) is 71.9 cm³/mol. The minimum Gasteiger partial charge on any atom is -0.404 e. The molecule has 0 fully saturated rings. The Morgan fingerprint density at radius 3 is 2.11 bits per heavy atom. The summed E-state index contributed by atoms with van der Waals surface area (Å²) in [6, 6.07) is 7.37. The molecule has 0 saturated carbocycles. The van der Waals surface area contributed by atoms with Crippen LogP contribution in [0.5, 0.6) is 5.75 Å². The molecule has 0 aliphatic heterocycles. The molecule has 102 valence electrons. The quantitative estimate of drug-likeness (QED) is 0.660. The zero-order chi connectivity index (χ0) is 13.4. The largest absolute Gasteiger partial charge is 0.530 e. The van der Waals surface area contributed by atoms with Crippen LogP contribution in [0, 0.1) is 6.92 Å². The Hall–Kier alpha value is -0.830. The highest BCUT2D eigenvalue weighted by Gasteiger charge is 2.28. The Labute approximate surface area is 109 Å². The second kappa shape index (κ2) is 7.57. The monoisotopic (exact) mass is 272 g/mol. The van der Waals surface area contributed by atoms with Gasteiger partial charge in [-0.05, 0) is 31.4 Å². The Balaban J connectivity index is 2.77. The molecular weight excluding hydrogens is 251 g/mol. The Kier molecular flexibility index (Phi) is 6.41. The number of para-hydroxylation sites is 1. The third-order valence-electron chi connectivity index (χ3n) is 2.21. The molecule has 0 amide bonds. The summed E-state index contributed by atoms with van der Waals surface area (Å²) in [6.07, 6.45) is 1.52. The zero-order valence-corrected chi connectivity index (χ0v) is 12.1. The van der Waals surface area contributed by atoms with Gasteiger partial charge in [-0.1, -0.05) is 32.0 Å².